The molecule has 0 aliphatic rings. The molecule has 0 aliphatic carbocycles. The fourth-order valence-electron chi connectivity index (χ4n) is 1.90. The van der Waals surface area contributed by atoms with Gasteiger partial charge in [-0.1, -0.05) is 6.07 Å². The Morgan fingerprint density at radius 1 is 1.26 bits per heavy atom. The summed E-state index contributed by atoms with van der Waals surface area (Å²) in [6.45, 7) is 4.23. The van der Waals surface area contributed by atoms with Gasteiger partial charge < -0.3 is 10.6 Å². The summed E-state index contributed by atoms with van der Waals surface area (Å²) >= 11 is 1.79. The minimum Gasteiger partial charge on any atom is -0.378 e. The largest absolute Gasteiger partial charge is 0.378 e. The van der Waals surface area contributed by atoms with E-state index in [-0.39, 0.29) is 11.9 Å². The Labute approximate surface area is 117 Å². The maximum atomic E-state index is 11.6. The van der Waals surface area contributed by atoms with Gasteiger partial charge in [0.05, 0.1) is 6.04 Å². The zero-order chi connectivity index (χ0) is 13.8. The molecule has 0 spiro atoms. The normalized spacial score (nSPS) is 11.9. The minimum atomic E-state index is -0.0664. The van der Waals surface area contributed by atoms with Crippen LogP contribution in [0, 0.1) is 6.92 Å². The lowest BCUT2D eigenvalue weighted by molar-refractivity contribution is 0.0963. The number of amides is 1. The van der Waals surface area contributed by atoms with E-state index in [4.69, 9.17) is 0 Å². The highest BCUT2D eigenvalue weighted by Crippen LogP contribution is 2.26. The lowest BCUT2D eigenvalue weighted by Gasteiger charge is -2.14. The van der Waals surface area contributed by atoms with Crippen molar-refractivity contribution < 1.29 is 4.79 Å². The van der Waals surface area contributed by atoms with E-state index in [9.17, 15) is 4.79 Å². The molecule has 0 radical (unpaired) electrons. The number of thiophene rings is 1. The van der Waals surface area contributed by atoms with Gasteiger partial charge in [0, 0.05) is 28.1 Å². The quantitative estimate of drug-likeness (QED) is 0.894. The standard InChI is InChI=1S/C15H18N2OS/c1-10-7-8-14(19-10)11(2)17-13-6-4-5-12(9-13)15(18)16-3/h4-9,11,17H,1-3H3,(H,16,18). The zero-order valence-corrected chi connectivity index (χ0v) is 12.2. The van der Waals surface area contributed by atoms with Crippen LogP contribution < -0.4 is 10.6 Å². The monoisotopic (exact) mass is 274 g/mol. The Hall–Kier alpha value is -1.81. The van der Waals surface area contributed by atoms with Gasteiger partial charge in [-0.25, -0.2) is 0 Å². The summed E-state index contributed by atoms with van der Waals surface area (Å²) in [5.41, 5.74) is 1.63. The molecule has 1 amide bonds. The number of rotatable bonds is 4. The maximum absolute atomic E-state index is 11.6. The summed E-state index contributed by atoms with van der Waals surface area (Å²) < 4.78 is 0. The van der Waals surface area contributed by atoms with Gasteiger partial charge in [0.25, 0.3) is 5.91 Å². The average Bonchev–Trinajstić information content (AvgIpc) is 2.85. The first-order valence-corrected chi connectivity index (χ1v) is 7.07. The van der Waals surface area contributed by atoms with E-state index in [0.29, 0.717) is 5.56 Å². The van der Waals surface area contributed by atoms with Gasteiger partial charge in [0.2, 0.25) is 0 Å². The van der Waals surface area contributed by atoms with Crippen molar-refractivity contribution in [2.45, 2.75) is 19.9 Å². The third kappa shape index (κ3) is 3.35. The van der Waals surface area contributed by atoms with Gasteiger partial charge in [0.15, 0.2) is 0 Å². The molecule has 0 bridgehead atoms. The van der Waals surface area contributed by atoms with Gasteiger partial charge in [-0.15, -0.1) is 11.3 Å². The van der Waals surface area contributed by atoms with Crippen LogP contribution in [0.5, 0.6) is 0 Å². The molecular weight excluding hydrogens is 256 g/mol. The lowest BCUT2D eigenvalue weighted by Crippen LogP contribution is -2.17. The van der Waals surface area contributed by atoms with E-state index in [1.165, 1.54) is 9.75 Å². The Morgan fingerprint density at radius 3 is 2.68 bits per heavy atom. The SMILES string of the molecule is CNC(=O)c1cccc(NC(C)c2ccc(C)s2)c1. The summed E-state index contributed by atoms with van der Waals surface area (Å²) in [6.07, 6.45) is 0. The van der Waals surface area contributed by atoms with Crippen LogP contribution in [0.4, 0.5) is 5.69 Å². The molecule has 0 fully saturated rings. The Kier molecular flexibility index (Phi) is 4.22. The first-order valence-electron chi connectivity index (χ1n) is 6.25. The molecule has 1 aromatic carbocycles. The lowest BCUT2D eigenvalue weighted by atomic mass is 10.1. The second kappa shape index (κ2) is 5.89. The molecule has 1 unspecified atom stereocenters. The van der Waals surface area contributed by atoms with Crippen molar-refractivity contribution in [3.63, 3.8) is 0 Å². The summed E-state index contributed by atoms with van der Waals surface area (Å²) in [5.74, 6) is -0.0664. The van der Waals surface area contributed by atoms with Crippen molar-refractivity contribution in [1.29, 1.82) is 0 Å². The summed E-state index contributed by atoms with van der Waals surface area (Å²) in [6, 6.07) is 12.0. The summed E-state index contributed by atoms with van der Waals surface area (Å²) in [7, 11) is 1.64. The highest BCUT2D eigenvalue weighted by molar-refractivity contribution is 7.12. The molecule has 2 rings (SSSR count). The van der Waals surface area contributed by atoms with E-state index < -0.39 is 0 Å². The van der Waals surface area contributed by atoms with Crippen molar-refractivity contribution >= 4 is 22.9 Å². The van der Waals surface area contributed by atoms with Crippen LogP contribution in [0.15, 0.2) is 36.4 Å². The number of anilines is 1. The number of aryl methyl sites for hydroxylation is 1. The summed E-state index contributed by atoms with van der Waals surface area (Å²) in [4.78, 5) is 14.2. The van der Waals surface area contributed by atoms with E-state index >= 15 is 0 Å². The number of carbonyl (C=O) groups is 1. The molecule has 100 valence electrons. The molecule has 3 nitrogen and oxygen atoms in total. The highest BCUT2D eigenvalue weighted by Gasteiger charge is 2.09. The van der Waals surface area contributed by atoms with Gasteiger partial charge in [0.1, 0.15) is 0 Å². The van der Waals surface area contributed by atoms with Crippen LogP contribution in [0.1, 0.15) is 33.1 Å². The Morgan fingerprint density at radius 2 is 2.05 bits per heavy atom. The van der Waals surface area contributed by atoms with Gasteiger partial charge >= 0.3 is 0 Å². The van der Waals surface area contributed by atoms with Crippen molar-refractivity contribution in [2.75, 3.05) is 12.4 Å². The van der Waals surface area contributed by atoms with Crippen molar-refractivity contribution in [1.82, 2.24) is 5.32 Å². The highest BCUT2D eigenvalue weighted by atomic mass is 32.1. The third-order valence-corrected chi connectivity index (χ3v) is 4.11. The molecule has 0 saturated heterocycles. The smallest absolute Gasteiger partial charge is 0.251 e. The van der Waals surface area contributed by atoms with E-state index in [2.05, 4.69) is 36.6 Å². The number of hydrogen-bond acceptors (Lipinski definition) is 3. The number of hydrogen-bond donors (Lipinski definition) is 2. The van der Waals surface area contributed by atoms with Crippen LogP contribution in [-0.4, -0.2) is 13.0 Å². The molecule has 1 atom stereocenters. The Bertz CT molecular complexity index is 577. The predicted molar refractivity (Wildman–Crippen MR) is 80.9 cm³/mol. The van der Waals surface area contributed by atoms with Gasteiger partial charge in [-0.2, -0.15) is 0 Å². The van der Waals surface area contributed by atoms with Crippen molar-refractivity contribution in [3.8, 4) is 0 Å². The first kappa shape index (κ1) is 13.6. The second-order valence-electron chi connectivity index (χ2n) is 4.47. The minimum absolute atomic E-state index is 0.0664. The second-order valence-corrected chi connectivity index (χ2v) is 5.79. The topological polar surface area (TPSA) is 41.1 Å². The average molecular weight is 274 g/mol. The number of nitrogens with one attached hydrogen (secondary N) is 2. The van der Waals surface area contributed by atoms with Gasteiger partial charge in [-0.3, -0.25) is 4.79 Å². The molecule has 0 aliphatic heterocycles. The molecule has 4 heteroatoms. The van der Waals surface area contributed by atoms with Gasteiger partial charge in [-0.05, 0) is 44.2 Å². The maximum Gasteiger partial charge on any atom is 0.251 e. The fraction of sp³-hybridized carbons (Fsp3) is 0.267. The molecule has 1 heterocycles. The number of benzene rings is 1. The predicted octanol–water partition coefficient (Wildman–Crippen LogP) is 3.59. The molecule has 0 saturated carbocycles. The van der Waals surface area contributed by atoms with E-state index in [1.807, 2.05) is 24.3 Å². The Balaban J connectivity index is 2.12. The van der Waals surface area contributed by atoms with Crippen LogP contribution in [-0.2, 0) is 0 Å². The molecule has 19 heavy (non-hydrogen) atoms. The summed E-state index contributed by atoms with van der Waals surface area (Å²) in [5, 5.41) is 6.05. The first-order chi connectivity index (χ1) is 9.10. The van der Waals surface area contributed by atoms with E-state index in [0.717, 1.165) is 5.69 Å². The number of carbonyl (C=O) groups excluding carboxylic acids is 1. The zero-order valence-electron chi connectivity index (χ0n) is 11.4. The van der Waals surface area contributed by atoms with E-state index in [1.54, 1.807) is 18.4 Å². The molecule has 2 aromatic rings. The third-order valence-electron chi connectivity index (χ3n) is 2.92. The van der Waals surface area contributed by atoms with Crippen molar-refractivity contribution in [3.05, 3.63) is 51.7 Å². The van der Waals surface area contributed by atoms with Crippen LogP contribution in [0.3, 0.4) is 0 Å². The fourth-order valence-corrected chi connectivity index (χ4v) is 2.78. The van der Waals surface area contributed by atoms with Crippen molar-refractivity contribution in [2.24, 2.45) is 0 Å². The molecule has 1 aromatic heterocycles. The molecule has 2 N–H and O–H groups in total. The van der Waals surface area contributed by atoms with Crippen LogP contribution in [0.2, 0.25) is 0 Å². The molecular formula is C15H18N2OS. The van der Waals surface area contributed by atoms with Crippen LogP contribution >= 0.6 is 11.3 Å². The van der Waals surface area contributed by atoms with Crippen LogP contribution in [0.25, 0.3) is 0 Å².